The minimum absolute atomic E-state index is 0.556. The van der Waals surface area contributed by atoms with Crippen molar-refractivity contribution >= 4 is 32.7 Å². The first-order valence-corrected chi connectivity index (χ1v) is 6.60. The maximum atomic E-state index is 7.50. The molecule has 0 heterocycles. The molecule has 4 radical (unpaired) electrons. The van der Waals surface area contributed by atoms with Gasteiger partial charge >= 0.3 is 34.8 Å². The van der Waals surface area contributed by atoms with Gasteiger partial charge in [0.25, 0.3) is 13.6 Å². The zero-order chi connectivity index (χ0) is 6.71. The third-order valence-electron chi connectivity index (χ3n) is 0. The fourth-order valence-electron chi connectivity index (χ4n) is 0. The summed E-state index contributed by atoms with van der Waals surface area (Å²) in [5.41, 5.74) is 0. The number of rotatable bonds is 0. The Hall–Kier alpha value is 0.569. The third kappa shape index (κ3) is 423. The van der Waals surface area contributed by atoms with Gasteiger partial charge in [0, 0.05) is 0 Å². The Kier molecular flexibility index (Phi) is 185. The Balaban J connectivity index is -0.0000000360. The topological polar surface area (TPSA) is 34.1 Å². The van der Waals surface area contributed by atoms with Gasteiger partial charge in [-0.3, -0.25) is 9.59 Å². The van der Waals surface area contributed by atoms with E-state index in [0.29, 0.717) is 0 Å². The molecule has 0 saturated carbocycles. The summed E-state index contributed by atoms with van der Waals surface area (Å²) >= 11 is -0.556. The molecular weight excluding hydrogens is 319 g/mol. The summed E-state index contributed by atoms with van der Waals surface area (Å²) in [4.78, 5) is 15.0. The van der Waals surface area contributed by atoms with Crippen LogP contribution in [0, 0.1) is 0 Å². The number of hydrogen-bond acceptors (Lipinski definition) is 2. The molecule has 5 heteroatoms. The van der Waals surface area contributed by atoms with Crippen molar-refractivity contribution in [3.05, 3.63) is 0 Å². The second-order valence-corrected chi connectivity index (χ2v) is 3.51. The first kappa shape index (κ1) is 15.6. The number of carbonyl (C=O) groups excluding carboxylic acids is 2. The molecule has 0 unspecified atom stereocenters. The van der Waals surface area contributed by atoms with E-state index in [2.05, 4.69) is 13.6 Å². The SMILES string of the molecule is [C]=O.[C]=O.[Cl][Ir][Cl]. The van der Waals surface area contributed by atoms with Crippen molar-refractivity contribution in [3.8, 4) is 0 Å². The molecule has 0 aromatic heterocycles. The molecule has 0 amide bonds. The van der Waals surface area contributed by atoms with Gasteiger partial charge < -0.3 is 0 Å². The fraction of sp³-hybridized carbons (Fsp3) is 0. The zero-order valence-electron chi connectivity index (χ0n) is 2.91. The van der Waals surface area contributed by atoms with Crippen LogP contribution in [0.5, 0.6) is 0 Å². The van der Waals surface area contributed by atoms with E-state index in [1.807, 2.05) is 0 Å². The van der Waals surface area contributed by atoms with Crippen LogP contribution in [-0.2, 0) is 25.3 Å². The summed E-state index contributed by atoms with van der Waals surface area (Å²) in [5, 5.41) is 0. The molecule has 0 bridgehead atoms. The Labute approximate surface area is 58.1 Å². The van der Waals surface area contributed by atoms with Crippen molar-refractivity contribution < 1.29 is 25.3 Å². The van der Waals surface area contributed by atoms with Crippen molar-refractivity contribution in [2.45, 2.75) is 0 Å². The van der Waals surface area contributed by atoms with Crippen molar-refractivity contribution in [1.29, 1.82) is 0 Å². The summed E-state index contributed by atoms with van der Waals surface area (Å²) in [6, 6.07) is 0. The van der Waals surface area contributed by atoms with Crippen LogP contribution < -0.4 is 0 Å². The molecule has 0 saturated heterocycles. The Morgan fingerprint density at radius 2 is 1.00 bits per heavy atom. The van der Waals surface area contributed by atoms with E-state index in [0.717, 1.165) is 0 Å². The van der Waals surface area contributed by atoms with Gasteiger partial charge in [-0.1, -0.05) is 0 Å². The van der Waals surface area contributed by atoms with Crippen LogP contribution in [0.2, 0.25) is 0 Å². The normalized spacial score (nSPS) is 4.29. The molecule has 0 aliphatic carbocycles. The molecule has 7 heavy (non-hydrogen) atoms. The van der Waals surface area contributed by atoms with Crippen LogP contribution in [0.25, 0.3) is 0 Å². The average Bonchev–Trinajstić information content (AvgIpc) is 1.78. The first-order valence-electron chi connectivity index (χ1n) is 0.660. The summed E-state index contributed by atoms with van der Waals surface area (Å²) in [5.74, 6) is 0. The molecule has 0 atom stereocenters. The van der Waals surface area contributed by atoms with Gasteiger partial charge in [0.1, 0.15) is 0 Å². The van der Waals surface area contributed by atoms with Crippen LogP contribution in [-0.4, -0.2) is 13.6 Å². The number of halogens is 2. The molecule has 43 valence electrons. The molecule has 0 fully saturated rings. The van der Waals surface area contributed by atoms with Crippen molar-refractivity contribution in [2.24, 2.45) is 0 Å². The van der Waals surface area contributed by atoms with Crippen LogP contribution in [0.4, 0.5) is 0 Å². The van der Waals surface area contributed by atoms with Gasteiger partial charge in [-0.15, -0.1) is 0 Å². The molecule has 0 rings (SSSR count). The Morgan fingerprint density at radius 1 is 1.00 bits per heavy atom. The molecule has 2 nitrogen and oxygen atoms in total. The van der Waals surface area contributed by atoms with E-state index < -0.39 is 15.7 Å². The fourth-order valence-corrected chi connectivity index (χ4v) is 0. The second kappa shape index (κ2) is 82.7. The van der Waals surface area contributed by atoms with Crippen molar-refractivity contribution in [2.75, 3.05) is 0 Å². The van der Waals surface area contributed by atoms with Crippen LogP contribution in [0.3, 0.4) is 0 Å². The van der Waals surface area contributed by atoms with Crippen molar-refractivity contribution in [1.82, 2.24) is 0 Å². The van der Waals surface area contributed by atoms with Gasteiger partial charge in [0.05, 0.1) is 0 Å². The van der Waals surface area contributed by atoms with Gasteiger partial charge in [-0.05, 0) is 0 Å². The molecule has 0 aromatic carbocycles. The summed E-state index contributed by atoms with van der Waals surface area (Å²) in [7, 11) is 9.78. The van der Waals surface area contributed by atoms with Gasteiger partial charge in [-0.2, -0.15) is 0 Å². The maximum absolute atomic E-state index is 7.50. The standard InChI is InChI=1S/2CO.2ClH.Ir/c2*1-2;;;/h;;2*1H;/q;;;;+2/p-2. The molecule has 0 aliphatic heterocycles. The van der Waals surface area contributed by atoms with Gasteiger partial charge in [0.15, 0.2) is 0 Å². The average molecular weight is 319 g/mol. The van der Waals surface area contributed by atoms with Gasteiger partial charge in [-0.25, -0.2) is 0 Å². The van der Waals surface area contributed by atoms with E-state index in [4.69, 9.17) is 28.8 Å². The van der Waals surface area contributed by atoms with Gasteiger partial charge in [0.2, 0.25) is 0 Å². The molecule has 0 aromatic rings. The Morgan fingerprint density at radius 3 is 1.00 bits per heavy atom. The van der Waals surface area contributed by atoms with E-state index in [-0.39, 0.29) is 0 Å². The monoisotopic (exact) mass is 319 g/mol. The molecule has 0 N–H and O–H groups in total. The predicted molar refractivity (Wildman–Crippen MR) is 23.1 cm³/mol. The zero-order valence-corrected chi connectivity index (χ0v) is 6.81. The van der Waals surface area contributed by atoms with E-state index >= 15 is 0 Å². The third-order valence-corrected chi connectivity index (χ3v) is 0. The molecular formula is C2Cl2IrO2. The van der Waals surface area contributed by atoms with Crippen LogP contribution >= 0.6 is 19.2 Å². The molecule has 0 spiro atoms. The number of hydrogen-bond donors (Lipinski definition) is 0. The predicted octanol–water partition coefficient (Wildman–Crippen LogP) is 0.582. The first-order chi connectivity index (χ1) is 3.41. The quantitative estimate of drug-likeness (QED) is 0.655. The second-order valence-electron chi connectivity index (χ2n) is 0.0476. The van der Waals surface area contributed by atoms with Crippen molar-refractivity contribution in [3.63, 3.8) is 0 Å². The van der Waals surface area contributed by atoms with E-state index in [1.165, 1.54) is 0 Å². The minimum atomic E-state index is -0.556. The summed E-state index contributed by atoms with van der Waals surface area (Å²) < 4.78 is 0. The summed E-state index contributed by atoms with van der Waals surface area (Å²) in [6.45, 7) is 9.00. The van der Waals surface area contributed by atoms with E-state index in [9.17, 15) is 0 Å². The molecule has 0 aliphatic rings. The summed E-state index contributed by atoms with van der Waals surface area (Å²) in [6.07, 6.45) is 0. The van der Waals surface area contributed by atoms with Crippen LogP contribution in [0.15, 0.2) is 0 Å². The van der Waals surface area contributed by atoms with Crippen LogP contribution in [0.1, 0.15) is 0 Å². The van der Waals surface area contributed by atoms with E-state index in [1.54, 1.807) is 0 Å². The Bertz CT molecular complexity index is 21.2.